The Morgan fingerprint density at radius 2 is 1.78 bits per heavy atom. The summed E-state index contributed by atoms with van der Waals surface area (Å²) in [6.45, 7) is 4.24. The number of hydrogen-bond donors (Lipinski definition) is 2. The standard InChI is InChI=1S/C21H23N3O3/c1-21(2)11-17-19(18(25)12-21)20(13-6-5-7-14(10-13)24(26)27)23-16-9-4-3-8-15(16)22-17/h3-10,17,19-20,22-23H,11-12H2,1-2H3/t17-,19+,20-/m0/s1. The van der Waals surface area contributed by atoms with Crippen LogP contribution in [0, 0.1) is 21.4 Å². The highest BCUT2D eigenvalue weighted by Crippen LogP contribution is 2.46. The number of non-ortho nitro benzene ring substituents is 1. The van der Waals surface area contributed by atoms with Gasteiger partial charge in [0.15, 0.2) is 0 Å². The molecule has 0 amide bonds. The Morgan fingerprint density at radius 3 is 2.48 bits per heavy atom. The monoisotopic (exact) mass is 365 g/mol. The highest BCUT2D eigenvalue weighted by Gasteiger charge is 2.46. The van der Waals surface area contributed by atoms with E-state index in [1.54, 1.807) is 12.1 Å². The van der Waals surface area contributed by atoms with Crippen LogP contribution in [-0.2, 0) is 4.79 Å². The molecule has 1 saturated carbocycles. The van der Waals surface area contributed by atoms with Crippen LogP contribution < -0.4 is 10.6 Å². The van der Waals surface area contributed by atoms with Crippen molar-refractivity contribution in [3.05, 3.63) is 64.2 Å². The van der Waals surface area contributed by atoms with Gasteiger partial charge in [0, 0.05) is 24.6 Å². The predicted molar refractivity (Wildman–Crippen MR) is 105 cm³/mol. The second kappa shape index (κ2) is 6.37. The van der Waals surface area contributed by atoms with Crippen LogP contribution in [0.2, 0.25) is 0 Å². The molecule has 0 spiro atoms. The number of carbonyl (C=O) groups excluding carboxylic acids is 1. The minimum Gasteiger partial charge on any atom is -0.380 e. The van der Waals surface area contributed by atoms with E-state index in [9.17, 15) is 14.9 Å². The minimum absolute atomic E-state index is 0.0262. The van der Waals surface area contributed by atoms with Gasteiger partial charge in [-0.15, -0.1) is 0 Å². The van der Waals surface area contributed by atoms with Crippen molar-refractivity contribution in [2.45, 2.75) is 38.8 Å². The number of nitro groups is 1. The lowest BCUT2D eigenvalue weighted by Crippen LogP contribution is -2.47. The fourth-order valence-electron chi connectivity index (χ4n) is 4.48. The van der Waals surface area contributed by atoms with E-state index in [-0.39, 0.29) is 34.9 Å². The molecule has 1 heterocycles. The third kappa shape index (κ3) is 3.27. The Morgan fingerprint density at radius 1 is 1.07 bits per heavy atom. The molecule has 2 aromatic carbocycles. The highest BCUT2D eigenvalue weighted by molar-refractivity contribution is 5.87. The number of fused-ring (bicyclic) bond motifs is 2. The van der Waals surface area contributed by atoms with E-state index in [2.05, 4.69) is 24.5 Å². The molecule has 6 heteroatoms. The molecule has 6 nitrogen and oxygen atoms in total. The molecule has 1 fully saturated rings. The number of benzene rings is 2. The SMILES string of the molecule is CC1(C)CC(=O)[C@H]2[C@H](C1)Nc1ccccc1N[C@H]2c1cccc([N+](=O)[O-])c1. The van der Waals surface area contributed by atoms with Gasteiger partial charge in [-0.05, 0) is 29.5 Å². The van der Waals surface area contributed by atoms with Crippen LogP contribution in [0.1, 0.15) is 38.3 Å². The van der Waals surface area contributed by atoms with Crippen molar-refractivity contribution in [2.24, 2.45) is 11.3 Å². The summed E-state index contributed by atoms with van der Waals surface area (Å²) in [5, 5.41) is 18.3. The highest BCUT2D eigenvalue weighted by atomic mass is 16.6. The van der Waals surface area contributed by atoms with Gasteiger partial charge >= 0.3 is 0 Å². The van der Waals surface area contributed by atoms with E-state index < -0.39 is 4.92 Å². The maximum Gasteiger partial charge on any atom is 0.269 e. The van der Waals surface area contributed by atoms with Gasteiger partial charge in [0.2, 0.25) is 0 Å². The normalized spacial score (nSPS) is 26.0. The first kappa shape index (κ1) is 17.5. The molecular weight excluding hydrogens is 342 g/mol. The number of para-hydroxylation sites is 2. The number of hydrogen-bond acceptors (Lipinski definition) is 5. The van der Waals surface area contributed by atoms with Crippen molar-refractivity contribution < 1.29 is 9.72 Å². The molecule has 0 unspecified atom stereocenters. The fourth-order valence-corrected chi connectivity index (χ4v) is 4.48. The zero-order valence-corrected chi connectivity index (χ0v) is 15.4. The van der Waals surface area contributed by atoms with Crippen LogP contribution in [0.3, 0.4) is 0 Å². The fraction of sp³-hybridized carbons (Fsp3) is 0.381. The zero-order valence-electron chi connectivity index (χ0n) is 15.4. The first-order valence-corrected chi connectivity index (χ1v) is 9.23. The van der Waals surface area contributed by atoms with Gasteiger partial charge in [-0.2, -0.15) is 0 Å². The molecule has 2 aromatic rings. The van der Waals surface area contributed by atoms with E-state index in [4.69, 9.17) is 0 Å². The molecule has 3 atom stereocenters. The Bertz CT molecular complexity index is 909. The quantitative estimate of drug-likeness (QED) is 0.602. The molecule has 2 aliphatic rings. The molecule has 0 radical (unpaired) electrons. The molecule has 0 bridgehead atoms. The summed E-state index contributed by atoms with van der Waals surface area (Å²) in [4.78, 5) is 24.0. The van der Waals surface area contributed by atoms with Crippen molar-refractivity contribution in [3.63, 3.8) is 0 Å². The molecular formula is C21H23N3O3. The van der Waals surface area contributed by atoms with Gasteiger partial charge in [-0.1, -0.05) is 38.1 Å². The number of nitrogens with zero attached hydrogens (tertiary/aromatic N) is 1. The first-order chi connectivity index (χ1) is 12.8. The minimum atomic E-state index is -0.393. The van der Waals surface area contributed by atoms with Crippen molar-refractivity contribution >= 4 is 22.8 Å². The van der Waals surface area contributed by atoms with E-state index in [0.29, 0.717) is 6.42 Å². The van der Waals surface area contributed by atoms with Crippen LogP contribution >= 0.6 is 0 Å². The molecule has 1 aliphatic heterocycles. The van der Waals surface area contributed by atoms with E-state index in [0.717, 1.165) is 23.4 Å². The summed E-state index contributed by atoms with van der Waals surface area (Å²) < 4.78 is 0. The van der Waals surface area contributed by atoms with E-state index in [1.165, 1.54) is 6.07 Å². The van der Waals surface area contributed by atoms with E-state index in [1.807, 2.05) is 30.3 Å². The van der Waals surface area contributed by atoms with Gasteiger partial charge in [0.1, 0.15) is 5.78 Å². The third-order valence-electron chi connectivity index (χ3n) is 5.61. The van der Waals surface area contributed by atoms with Crippen LogP contribution in [-0.4, -0.2) is 16.7 Å². The van der Waals surface area contributed by atoms with Crippen molar-refractivity contribution in [3.8, 4) is 0 Å². The summed E-state index contributed by atoms with van der Waals surface area (Å²) in [7, 11) is 0. The van der Waals surface area contributed by atoms with Crippen LogP contribution in [0.25, 0.3) is 0 Å². The van der Waals surface area contributed by atoms with Gasteiger partial charge < -0.3 is 10.6 Å². The summed E-state index contributed by atoms with van der Waals surface area (Å²) in [6.07, 6.45) is 1.38. The van der Waals surface area contributed by atoms with Crippen LogP contribution in [0.5, 0.6) is 0 Å². The number of anilines is 2. The summed E-state index contributed by atoms with van der Waals surface area (Å²) in [5.74, 6) is -0.0898. The Hall–Kier alpha value is -2.89. The van der Waals surface area contributed by atoms with Gasteiger partial charge in [-0.3, -0.25) is 14.9 Å². The maximum atomic E-state index is 13.1. The summed E-state index contributed by atoms with van der Waals surface area (Å²) >= 11 is 0. The number of Topliss-reactive ketones (excluding diaryl/α,β-unsaturated/α-hetero) is 1. The smallest absolute Gasteiger partial charge is 0.269 e. The number of carbonyl (C=O) groups is 1. The average Bonchev–Trinajstić information content (AvgIpc) is 2.77. The summed E-state index contributed by atoms with van der Waals surface area (Å²) in [5.41, 5.74) is 2.61. The van der Waals surface area contributed by atoms with Gasteiger partial charge in [0.25, 0.3) is 5.69 Å². The molecule has 1 aliphatic carbocycles. The average molecular weight is 365 g/mol. The lowest BCUT2D eigenvalue weighted by atomic mass is 9.66. The number of ketones is 1. The topological polar surface area (TPSA) is 84.3 Å². The second-order valence-corrected chi connectivity index (χ2v) is 8.31. The van der Waals surface area contributed by atoms with Crippen molar-refractivity contribution in [1.82, 2.24) is 0 Å². The van der Waals surface area contributed by atoms with Gasteiger partial charge in [0.05, 0.1) is 28.3 Å². The van der Waals surface area contributed by atoms with Crippen molar-refractivity contribution in [1.29, 1.82) is 0 Å². The zero-order chi connectivity index (χ0) is 19.2. The first-order valence-electron chi connectivity index (χ1n) is 9.23. The number of nitro benzene ring substituents is 1. The number of rotatable bonds is 2. The lowest BCUT2D eigenvalue weighted by molar-refractivity contribution is -0.384. The lowest BCUT2D eigenvalue weighted by Gasteiger charge is -2.42. The largest absolute Gasteiger partial charge is 0.380 e. The molecule has 0 aromatic heterocycles. The van der Waals surface area contributed by atoms with Gasteiger partial charge in [-0.25, -0.2) is 0 Å². The maximum absolute atomic E-state index is 13.1. The Labute approximate surface area is 158 Å². The summed E-state index contributed by atoms with van der Waals surface area (Å²) in [6, 6.07) is 14.2. The molecule has 27 heavy (non-hydrogen) atoms. The third-order valence-corrected chi connectivity index (χ3v) is 5.61. The molecule has 0 saturated heterocycles. The van der Waals surface area contributed by atoms with E-state index >= 15 is 0 Å². The number of nitrogens with one attached hydrogen (secondary N) is 2. The second-order valence-electron chi connectivity index (χ2n) is 8.31. The predicted octanol–water partition coefficient (Wildman–Crippen LogP) is 4.55. The van der Waals surface area contributed by atoms with Crippen LogP contribution in [0.4, 0.5) is 17.1 Å². The van der Waals surface area contributed by atoms with Crippen LogP contribution in [0.15, 0.2) is 48.5 Å². The Kier molecular flexibility index (Phi) is 4.13. The van der Waals surface area contributed by atoms with Crippen molar-refractivity contribution in [2.75, 3.05) is 10.6 Å². The Balaban J connectivity index is 1.82. The molecule has 140 valence electrons. The molecule has 4 rings (SSSR count). The molecule has 2 N–H and O–H groups in total.